The second-order valence-corrected chi connectivity index (χ2v) is 7.27. The maximum Gasteiger partial charge on any atom is 0.223 e. The van der Waals surface area contributed by atoms with Gasteiger partial charge in [-0.2, -0.15) is 0 Å². The van der Waals surface area contributed by atoms with E-state index in [1.54, 1.807) is 0 Å². The van der Waals surface area contributed by atoms with Crippen LogP contribution in [0.25, 0.3) is 0 Å². The average Bonchev–Trinajstić information content (AvgIpc) is 3.36. The number of morpholine rings is 1. The molecule has 4 rings (SSSR count). The largest absolute Gasteiger partial charge is 0.375 e. The lowest BCUT2D eigenvalue weighted by Crippen LogP contribution is -2.49. The molecule has 1 aliphatic heterocycles. The van der Waals surface area contributed by atoms with E-state index in [0.29, 0.717) is 12.1 Å². The predicted octanol–water partition coefficient (Wildman–Crippen LogP) is 1.40. The van der Waals surface area contributed by atoms with E-state index in [1.807, 2.05) is 0 Å². The predicted molar refractivity (Wildman–Crippen MR) is 76.3 cm³/mol. The molecule has 0 spiro atoms. The van der Waals surface area contributed by atoms with Crippen molar-refractivity contribution in [2.45, 2.75) is 50.7 Å². The first kappa shape index (κ1) is 13.1. The van der Waals surface area contributed by atoms with Crippen molar-refractivity contribution < 1.29 is 9.53 Å². The van der Waals surface area contributed by atoms with E-state index in [4.69, 9.17) is 4.74 Å². The van der Waals surface area contributed by atoms with Crippen LogP contribution in [0.3, 0.4) is 0 Å². The standard InChI is InChI=1S/C16H26N2O2/c19-16(17-9-11-1-2-11)13-7-14-15(8-13)20-6-5-18(14)10-12-3-4-12/h11-15H,1-10H2,(H,17,19)/t13-,14+,15+/m0/s1. The van der Waals surface area contributed by atoms with Gasteiger partial charge in [-0.25, -0.2) is 0 Å². The Morgan fingerprint density at radius 3 is 2.70 bits per heavy atom. The maximum absolute atomic E-state index is 12.3. The lowest BCUT2D eigenvalue weighted by Gasteiger charge is -2.37. The summed E-state index contributed by atoms with van der Waals surface area (Å²) in [6.45, 7) is 4.05. The third kappa shape index (κ3) is 2.86. The summed E-state index contributed by atoms with van der Waals surface area (Å²) in [6, 6.07) is 0.501. The molecule has 20 heavy (non-hydrogen) atoms. The third-order valence-corrected chi connectivity index (χ3v) is 5.47. The molecule has 1 N–H and O–H groups in total. The van der Waals surface area contributed by atoms with E-state index in [-0.39, 0.29) is 11.8 Å². The summed E-state index contributed by atoms with van der Waals surface area (Å²) in [5, 5.41) is 3.15. The quantitative estimate of drug-likeness (QED) is 0.826. The zero-order valence-corrected chi connectivity index (χ0v) is 12.2. The van der Waals surface area contributed by atoms with Crippen LogP contribution >= 0.6 is 0 Å². The lowest BCUT2D eigenvalue weighted by molar-refractivity contribution is -0.125. The third-order valence-electron chi connectivity index (χ3n) is 5.47. The molecule has 1 heterocycles. The summed E-state index contributed by atoms with van der Waals surface area (Å²) >= 11 is 0. The van der Waals surface area contributed by atoms with Crippen molar-refractivity contribution in [3.8, 4) is 0 Å². The van der Waals surface area contributed by atoms with Crippen LogP contribution in [0.2, 0.25) is 0 Å². The van der Waals surface area contributed by atoms with Gasteiger partial charge in [-0.3, -0.25) is 9.69 Å². The summed E-state index contributed by atoms with van der Waals surface area (Å²) in [6.07, 6.45) is 7.65. The molecule has 3 aliphatic carbocycles. The average molecular weight is 278 g/mol. The van der Waals surface area contributed by atoms with Crippen LogP contribution in [-0.2, 0) is 9.53 Å². The number of carbonyl (C=O) groups is 1. The molecule has 3 saturated carbocycles. The summed E-state index contributed by atoms with van der Waals surface area (Å²) < 4.78 is 5.93. The van der Waals surface area contributed by atoms with Gasteiger partial charge >= 0.3 is 0 Å². The van der Waals surface area contributed by atoms with Gasteiger partial charge in [0.1, 0.15) is 0 Å². The zero-order chi connectivity index (χ0) is 13.5. The molecule has 1 saturated heterocycles. The molecule has 0 aromatic carbocycles. The Morgan fingerprint density at radius 1 is 1.15 bits per heavy atom. The van der Waals surface area contributed by atoms with Crippen LogP contribution in [0.5, 0.6) is 0 Å². The second kappa shape index (κ2) is 5.30. The van der Waals surface area contributed by atoms with E-state index in [0.717, 1.165) is 44.4 Å². The van der Waals surface area contributed by atoms with E-state index < -0.39 is 0 Å². The van der Waals surface area contributed by atoms with Gasteiger partial charge in [-0.05, 0) is 50.4 Å². The number of nitrogens with one attached hydrogen (secondary N) is 1. The lowest BCUT2D eigenvalue weighted by atomic mass is 10.1. The smallest absolute Gasteiger partial charge is 0.223 e. The maximum atomic E-state index is 12.3. The molecule has 4 aliphatic rings. The van der Waals surface area contributed by atoms with Crippen LogP contribution in [0.15, 0.2) is 0 Å². The Morgan fingerprint density at radius 2 is 1.95 bits per heavy atom. The van der Waals surface area contributed by atoms with Crippen molar-refractivity contribution in [3.05, 3.63) is 0 Å². The van der Waals surface area contributed by atoms with Crippen LogP contribution in [-0.4, -0.2) is 49.2 Å². The molecule has 0 aromatic rings. The van der Waals surface area contributed by atoms with Gasteiger partial charge in [-0.15, -0.1) is 0 Å². The minimum Gasteiger partial charge on any atom is -0.375 e. The number of nitrogens with zero attached hydrogens (tertiary/aromatic N) is 1. The van der Waals surface area contributed by atoms with E-state index in [1.165, 1.54) is 32.2 Å². The summed E-state index contributed by atoms with van der Waals surface area (Å²) in [7, 11) is 0. The number of hydrogen-bond acceptors (Lipinski definition) is 3. The summed E-state index contributed by atoms with van der Waals surface area (Å²) in [5.41, 5.74) is 0. The topological polar surface area (TPSA) is 41.6 Å². The molecule has 0 unspecified atom stereocenters. The number of carbonyl (C=O) groups excluding carboxylic acids is 1. The van der Waals surface area contributed by atoms with Gasteiger partial charge in [0, 0.05) is 31.6 Å². The van der Waals surface area contributed by atoms with Crippen molar-refractivity contribution >= 4 is 5.91 Å². The SMILES string of the molecule is O=C(NCC1CC1)[C@H]1C[C@@H]2[C@@H](C1)OCCN2CC1CC1. The van der Waals surface area contributed by atoms with Crippen molar-refractivity contribution in [2.75, 3.05) is 26.2 Å². The molecule has 112 valence electrons. The highest BCUT2D eigenvalue weighted by atomic mass is 16.5. The van der Waals surface area contributed by atoms with E-state index in [9.17, 15) is 4.79 Å². The Labute approximate surface area is 121 Å². The molecule has 0 radical (unpaired) electrons. The molecule has 4 nitrogen and oxygen atoms in total. The van der Waals surface area contributed by atoms with Gasteiger partial charge in [0.05, 0.1) is 12.7 Å². The normalized spacial score (nSPS) is 37.7. The van der Waals surface area contributed by atoms with Crippen LogP contribution in [0.1, 0.15) is 38.5 Å². The van der Waals surface area contributed by atoms with Gasteiger partial charge in [0.25, 0.3) is 0 Å². The minimum atomic E-state index is 0.184. The fourth-order valence-corrected chi connectivity index (χ4v) is 3.81. The van der Waals surface area contributed by atoms with Crippen molar-refractivity contribution in [2.24, 2.45) is 17.8 Å². The molecule has 3 atom stereocenters. The Kier molecular flexibility index (Phi) is 3.47. The molecule has 0 aromatic heterocycles. The fraction of sp³-hybridized carbons (Fsp3) is 0.938. The fourth-order valence-electron chi connectivity index (χ4n) is 3.81. The number of amides is 1. The summed E-state index contributed by atoms with van der Waals surface area (Å²) in [4.78, 5) is 14.9. The van der Waals surface area contributed by atoms with Crippen molar-refractivity contribution in [1.29, 1.82) is 0 Å². The number of rotatable bonds is 5. The molecule has 4 fully saturated rings. The van der Waals surface area contributed by atoms with Crippen LogP contribution in [0, 0.1) is 17.8 Å². The Hall–Kier alpha value is -0.610. The Bertz CT molecular complexity index is 379. The zero-order valence-electron chi connectivity index (χ0n) is 12.2. The Balaban J connectivity index is 1.32. The molecule has 0 bridgehead atoms. The summed E-state index contributed by atoms with van der Waals surface area (Å²) in [5.74, 6) is 2.16. The highest BCUT2D eigenvalue weighted by Crippen LogP contribution is 2.38. The van der Waals surface area contributed by atoms with Crippen molar-refractivity contribution in [1.82, 2.24) is 10.2 Å². The van der Waals surface area contributed by atoms with Crippen LogP contribution in [0.4, 0.5) is 0 Å². The highest BCUT2D eigenvalue weighted by molar-refractivity contribution is 5.79. The first-order valence-electron chi connectivity index (χ1n) is 8.43. The van der Waals surface area contributed by atoms with Gasteiger partial charge < -0.3 is 10.1 Å². The minimum absolute atomic E-state index is 0.184. The number of ether oxygens (including phenoxy) is 1. The number of hydrogen-bond donors (Lipinski definition) is 1. The molecular formula is C16H26N2O2. The van der Waals surface area contributed by atoms with Gasteiger partial charge in [0.15, 0.2) is 0 Å². The second-order valence-electron chi connectivity index (χ2n) is 7.27. The van der Waals surface area contributed by atoms with E-state index in [2.05, 4.69) is 10.2 Å². The number of fused-ring (bicyclic) bond motifs is 1. The first-order chi connectivity index (χ1) is 9.79. The van der Waals surface area contributed by atoms with Crippen molar-refractivity contribution in [3.63, 3.8) is 0 Å². The monoisotopic (exact) mass is 278 g/mol. The van der Waals surface area contributed by atoms with E-state index >= 15 is 0 Å². The van der Waals surface area contributed by atoms with Gasteiger partial charge in [0.2, 0.25) is 5.91 Å². The van der Waals surface area contributed by atoms with Gasteiger partial charge in [-0.1, -0.05) is 0 Å². The highest BCUT2D eigenvalue weighted by Gasteiger charge is 2.44. The first-order valence-corrected chi connectivity index (χ1v) is 8.43. The molecule has 4 heteroatoms. The van der Waals surface area contributed by atoms with Crippen LogP contribution < -0.4 is 5.32 Å². The molecular weight excluding hydrogens is 252 g/mol. The molecule has 1 amide bonds.